The van der Waals surface area contributed by atoms with E-state index in [-0.39, 0.29) is 6.61 Å². The predicted molar refractivity (Wildman–Crippen MR) is 60.8 cm³/mol. The summed E-state index contributed by atoms with van der Waals surface area (Å²) in [4.78, 5) is 10.8. The first-order valence-electron chi connectivity index (χ1n) is 4.30. The third-order valence-electron chi connectivity index (χ3n) is 1.86. The topological polar surface area (TPSA) is 61.5 Å². The highest BCUT2D eigenvalue weighted by Gasteiger charge is 2.07. The Bertz CT molecular complexity index is 379. The molecule has 0 saturated carbocycles. The van der Waals surface area contributed by atoms with Crippen LogP contribution in [0.25, 0.3) is 0 Å². The molecule has 0 aliphatic heterocycles. The molecule has 0 spiro atoms. The quantitative estimate of drug-likeness (QED) is 0.675. The van der Waals surface area contributed by atoms with Gasteiger partial charge in [-0.1, -0.05) is 15.9 Å². The minimum atomic E-state index is -0.439. The largest absolute Gasteiger partial charge is 0.480 e. The molecule has 82 valence electrons. The summed E-state index contributed by atoms with van der Waals surface area (Å²) in [5.74, 6) is 0.0315. The number of hydrogen-bond acceptors (Lipinski definition) is 4. The normalized spacial score (nSPS) is 9.80. The number of ether oxygens (including phenoxy) is 2. The zero-order valence-electron chi connectivity index (χ0n) is 8.54. The van der Waals surface area contributed by atoms with Crippen LogP contribution in [0, 0.1) is 6.92 Å². The summed E-state index contributed by atoms with van der Waals surface area (Å²) in [5, 5.41) is 0. The van der Waals surface area contributed by atoms with E-state index < -0.39 is 5.97 Å². The van der Waals surface area contributed by atoms with Gasteiger partial charge in [0.25, 0.3) is 0 Å². The molecule has 0 bridgehead atoms. The average Bonchev–Trinajstić information content (AvgIpc) is 2.21. The van der Waals surface area contributed by atoms with Crippen LogP contribution in [0.15, 0.2) is 16.6 Å². The number of aryl methyl sites for hydroxylation is 1. The lowest BCUT2D eigenvalue weighted by molar-refractivity contribution is -0.142. The molecule has 0 radical (unpaired) electrons. The maximum Gasteiger partial charge on any atom is 0.343 e. The molecule has 4 nitrogen and oxygen atoms in total. The molecular weight excluding hydrogens is 262 g/mol. The van der Waals surface area contributed by atoms with E-state index in [0.29, 0.717) is 11.4 Å². The Kier molecular flexibility index (Phi) is 3.96. The van der Waals surface area contributed by atoms with Crippen LogP contribution < -0.4 is 10.5 Å². The minimum Gasteiger partial charge on any atom is -0.480 e. The molecule has 0 saturated heterocycles. The van der Waals surface area contributed by atoms with Gasteiger partial charge in [0.1, 0.15) is 5.75 Å². The number of nitrogens with two attached hydrogens (primary N) is 1. The van der Waals surface area contributed by atoms with E-state index in [0.717, 1.165) is 10.0 Å². The Morgan fingerprint density at radius 1 is 1.53 bits per heavy atom. The van der Waals surface area contributed by atoms with Crippen molar-refractivity contribution in [2.45, 2.75) is 6.92 Å². The molecule has 0 heterocycles. The van der Waals surface area contributed by atoms with Gasteiger partial charge in [-0.3, -0.25) is 0 Å². The van der Waals surface area contributed by atoms with Crippen molar-refractivity contribution >= 4 is 27.6 Å². The third kappa shape index (κ3) is 3.13. The Hall–Kier alpha value is -1.23. The number of esters is 1. The number of halogens is 1. The smallest absolute Gasteiger partial charge is 0.343 e. The van der Waals surface area contributed by atoms with Gasteiger partial charge in [-0.2, -0.15) is 0 Å². The first-order valence-corrected chi connectivity index (χ1v) is 5.09. The van der Waals surface area contributed by atoms with Gasteiger partial charge in [0, 0.05) is 4.47 Å². The van der Waals surface area contributed by atoms with Crippen molar-refractivity contribution in [3.05, 3.63) is 22.2 Å². The molecule has 0 aliphatic carbocycles. The van der Waals surface area contributed by atoms with Crippen LogP contribution in [0.1, 0.15) is 5.56 Å². The van der Waals surface area contributed by atoms with Crippen molar-refractivity contribution in [2.75, 3.05) is 19.5 Å². The molecular formula is C10H12BrNO3. The van der Waals surface area contributed by atoms with E-state index in [4.69, 9.17) is 10.5 Å². The highest BCUT2D eigenvalue weighted by Crippen LogP contribution is 2.28. The lowest BCUT2D eigenvalue weighted by Crippen LogP contribution is -2.13. The fraction of sp³-hybridized carbons (Fsp3) is 0.300. The van der Waals surface area contributed by atoms with E-state index in [2.05, 4.69) is 20.7 Å². The molecule has 0 fully saturated rings. The molecule has 0 amide bonds. The van der Waals surface area contributed by atoms with Crippen molar-refractivity contribution in [1.29, 1.82) is 0 Å². The van der Waals surface area contributed by atoms with E-state index in [1.807, 2.05) is 6.92 Å². The second-order valence-electron chi connectivity index (χ2n) is 3.00. The average molecular weight is 274 g/mol. The molecule has 0 atom stereocenters. The SMILES string of the molecule is COC(=O)COc1cc(Br)c(C)cc1N. The predicted octanol–water partition coefficient (Wildman–Crippen LogP) is 1.89. The van der Waals surface area contributed by atoms with Crippen molar-refractivity contribution in [3.8, 4) is 5.75 Å². The second kappa shape index (κ2) is 5.02. The first kappa shape index (κ1) is 11.8. The summed E-state index contributed by atoms with van der Waals surface area (Å²) in [7, 11) is 1.31. The van der Waals surface area contributed by atoms with Crippen LogP contribution in [-0.4, -0.2) is 19.7 Å². The van der Waals surface area contributed by atoms with Gasteiger partial charge in [0.15, 0.2) is 6.61 Å². The van der Waals surface area contributed by atoms with Gasteiger partial charge < -0.3 is 15.2 Å². The summed E-state index contributed by atoms with van der Waals surface area (Å²) in [5.41, 5.74) is 7.23. The first-order chi connectivity index (χ1) is 7.04. The number of nitrogen functional groups attached to an aromatic ring is 1. The fourth-order valence-corrected chi connectivity index (χ4v) is 1.33. The monoisotopic (exact) mass is 273 g/mol. The number of carbonyl (C=O) groups is 1. The molecule has 0 unspecified atom stereocenters. The zero-order valence-corrected chi connectivity index (χ0v) is 10.1. The van der Waals surface area contributed by atoms with Gasteiger partial charge >= 0.3 is 5.97 Å². The van der Waals surface area contributed by atoms with Crippen molar-refractivity contribution in [1.82, 2.24) is 0 Å². The van der Waals surface area contributed by atoms with Crippen LogP contribution >= 0.6 is 15.9 Å². The van der Waals surface area contributed by atoms with Crippen molar-refractivity contribution in [3.63, 3.8) is 0 Å². The van der Waals surface area contributed by atoms with Crippen LogP contribution in [0.4, 0.5) is 5.69 Å². The van der Waals surface area contributed by atoms with Crippen molar-refractivity contribution in [2.24, 2.45) is 0 Å². The highest BCUT2D eigenvalue weighted by molar-refractivity contribution is 9.10. The Morgan fingerprint density at radius 2 is 2.20 bits per heavy atom. The fourth-order valence-electron chi connectivity index (χ4n) is 1.01. The van der Waals surface area contributed by atoms with Crippen molar-refractivity contribution < 1.29 is 14.3 Å². The summed E-state index contributed by atoms with van der Waals surface area (Å²) in [6.07, 6.45) is 0. The van der Waals surface area contributed by atoms with Gasteiger partial charge in [0.05, 0.1) is 12.8 Å². The number of rotatable bonds is 3. The highest BCUT2D eigenvalue weighted by atomic mass is 79.9. The van der Waals surface area contributed by atoms with E-state index in [9.17, 15) is 4.79 Å². The minimum absolute atomic E-state index is 0.143. The second-order valence-corrected chi connectivity index (χ2v) is 3.86. The number of carbonyl (C=O) groups excluding carboxylic acids is 1. The van der Waals surface area contributed by atoms with E-state index >= 15 is 0 Å². The number of hydrogen-bond donors (Lipinski definition) is 1. The standard InChI is InChI=1S/C10H12BrNO3/c1-6-3-8(12)9(4-7(6)11)15-5-10(13)14-2/h3-4H,5,12H2,1-2H3. The summed E-state index contributed by atoms with van der Waals surface area (Å²) < 4.78 is 10.5. The van der Waals surface area contributed by atoms with Gasteiger partial charge in [-0.15, -0.1) is 0 Å². The number of anilines is 1. The lowest BCUT2D eigenvalue weighted by Gasteiger charge is -2.09. The number of benzene rings is 1. The molecule has 5 heteroatoms. The molecule has 1 aromatic carbocycles. The van der Waals surface area contributed by atoms with Gasteiger partial charge in [-0.05, 0) is 24.6 Å². The maximum atomic E-state index is 10.8. The maximum absolute atomic E-state index is 10.8. The van der Waals surface area contributed by atoms with Crippen LogP contribution in [-0.2, 0) is 9.53 Å². The summed E-state index contributed by atoms with van der Waals surface area (Å²) in [6.45, 7) is 1.78. The number of methoxy groups -OCH3 is 1. The lowest BCUT2D eigenvalue weighted by atomic mass is 10.2. The van der Waals surface area contributed by atoms with E-state index in [1.54, 1.807) is 12.1 Å². The molecule has 0 aliphatic rings. The van der Waals surface area contributed by atoms with Gasteiger partial charge in [0.2, 0.25) is 0 Å². The molecule has 1 aromatic rings. The summed E-state index contributed by atoms with van der Waals surface area (Å²) in [6, 6.07) is 3.50. The van der Waals surface area contributed by atoms with E-state index in [1.165, 1.54) is 7.11 Å². The Morgan fingerprint density at radius 3 is 2.80 bits per heavy atom. The molecule has 1 rings (SSSR count). The van der Waals surface area contributed by atoms with Crippen LogP contribution in [0.5, 0.6) is 5.75 Å². The van der Waals surface area contributed by atoms with Gasteiger partial charge in [-0.25, -0.2) is 4.79 Å². The molecule has 15 heavy (non-hydrogen) atoms. The Balaban J connectivity index is 2.77. The molecule has 2 N–H and O–H groups in total. The van der Waals surface area contributed by atoms with Crippen LogP contribution in [0.3, 0.4) is 0 Å². The summed E-state index contributed by atoms with van der Waals surface area (Å²) >= 11 is 3.35. The Labute approximate surface area is 96.5 Å². The molecule has 0 aromatic heterocycles. The zero-order chi connectivity index (χ0) is 11.4. The van der Waals surface area contributed by atoms with Crippen LogP contribution in [0.2, 0.25) is 0 Å². The third-order valence-corrected chi connectivity index (χ3v) is 2.72.